The van der Waals surface area contributed by atoms with Crippen LogP contribution in [0.1, 0.15) is 16.8 Å². The number of nitrogens with zero attached hydrogens (tertiary/aromatic N) is 2. The van der Waals surface area contributed by atoms with Crippen LogP contribution in [-0.4, -0.2) is 10.5 Å². The maximum atomic E-state index is 12.7. The Morgan fingerprint density at radius 3 is 2.42 bits per heavy atom. The number of para-hydroxylation sites is 2. The van der Waals surface area contributed by atoms with E-state index in [9.17, 15) is 10.1 Å². The highest BCUT2D eigenvalue weighted by atomic mass is 35.5. The van der Waals surface area contributed by atoms with Crippen molar-refractivity contribution in [2.45, 2.75) is 13.5 Å². The second kappa shape index (κ2) is 8.91. The highest BCUT2D eigenvalue weighted by molar-refractivity contribution is 6.30. The SMILES string of the molecule is Cc1c(/C=C(/C#N)C(=O)Nc2ccccc2)c2ccccc2n1Cc1ccc(Cl)cc1. The van der Waals surface area contributed by atoms with Crippen molar-refractivity contribution >= 4 is 40.2 Å². The van der Waals surface area contributed by atoms with E-state index in [1.807, 2.05) is 73.7 Å². The molecule has 5 heteroatoms. The maximum Gasteiger partial charge on any atom is 0.266 e. The van der Waals surface area contributed by atoms with E-state index in [1.165, 1.54) is 0 Å². The highest BCUT2D eigenvalue weighted by Crippen LogP contribution is 2.29. The predicted octanol–water partition coefficient (Wildman–Crippen LogP) is 6.20. The molecule has 0 aliphatic heterocycles. The topological polar surface area (TPSA) is 57.8 Å². The molecule has 1 amide bonds. The zero-order chi connectivity index (χ0) is 21.8. The largest absolute Gasteiger partial charge is 0.340 e. The molecular formula is C26H20ClN3O. The molecule has 0 saturated heterocycles. The summed E-state index contributed by atoms with van der Waals surface area (Å²) >= 11 is 6.02. The Hall–Kier alpha value is -3.81. The summed E-state index contributed by atoms with van der Waals surface area (Å²) < 4.78 is 2.19. The van der Waals surface area contributed by atoms with E-state index >= 15 is 0 Å². The Bertz CT molecular complexity index is 1310. The number of benzene rings is 3. The number of nitriles is 1. The number of carbonyl (C=O) groups excluding carboxylic acids is 1. The molecule has 4 nitrogen and oxygen atoms in total. The first kappa shape index (κ1) is 20.5. The molecule has 3 aromatic carbocycles. The molecule has 0 aliphatic rings. The average Bonchev–Trinajstić information content (AvgIpc) is 3.05. The quantitative estimate of drug-likeness (QED) is 0.306. The molecule has 0 atom stereocenters. The van der Waals surface area contributed by atoms with Gasteiger partial charge in [-0.3, -0.25) is 4.79 Å². The Balaban J connectivity index is 1.74. The predicted molar refractivity (Wildman–Crippen MR) is 126 cm³/mol. The first-order valence-electron chi connectivity index (χ1n) is 9.87. The molecule has 0 bridgehead atoms. The van der Waals surface area contributed by atoms with Crippen molar-refractivity contribution in [3.05, 3.63) is 106 Å². The molecule has 0 unspecified atom stereocenters. The lowest BCUT2D eigenvalue weighted by Gasteiger charge is -2.09. The normalized spacial score (nSPS) is 11.3. The van der Waals surface area contributed by atoms with E-state index in [-0.39, 0.29) is 5.57 Å². The molecule has 0 fully saturated rings. The number of fused-ring (bicyclic) bond motifs is 1. The van der Waals surface area contributed by atoms with E-state index in [0.717, 1.165) is 27.7 Å². The number of aromatic nitrogens is 1. The maximum absolute atomic E-state index is 12.7. The van der Waals surface area contributed by atoms with E-state index in [0.29, 0.717) is 17.3 Å². The van der Waals surface area contributed by atoms with Gasteiger partial charge in [0.1, 0.15) is 11.6 Å². The number of hydrogen-bond donors (Lipinski definition) is 1. The van der Waals surface area contributed by atoms with Crippen LogP contribution in [0.4, 0.5) is 5.69 Å². The fraction of sp³-hybridized carbons (Fsp3) is 0.0769. The lowest BCUT2D eigenvalue weighted by Crippen LogP contribution is -2.13. The fourth-order valence-electron chi connectivity index (χ4n) is 3.63. The monoisotopic (exact) mass is 425 g/mol. The highest BCUT2D eigenvalue weighted by Gasteiger charge is 2.16. The van der Waals surface area contributed by atoms with Crippen LogP contribution in [-0.2, 0) is 11.3 Å². The smallest absolute Gasteiger partial charge is 0.266 e. The number of anilines is 1. The van der Waals surface area contributed by atoms with E-state index in [2.05, 4.69) is 16.0 Å². The van der Waals surface area contributed by atoms with Crippen LogP contribution in [0.25, 0.3) is 17.0 Å². The van der Waals surface area contributed by atoms with E-state index < -0.39 is 5.91 Å². The van der Waals surface area contributed by atoms with Gasteiger partial charge in [0.2, 0.25) is 0 Å². The standard InChI is InChI=1S/C26H20ClN3O/c1-18-24(15-20(16-28)26(31)29-22-7-3-2-4-8-22)23-9-5-6-10-25(23)30(18)17-19-11-13-21(27)14-12-19/h2-15H,17H2,1H3,(H,29,31)/b20-15-. The molecule has 1 N–H and O–H groups in total. The van der Waals surface area contributed by atoms with Crippen molar-refractivity contribution in [1.29, 1.82) is 5.26 Å². The second-order valence-electron chi connectivity index (χ2n) is 7.22. The summed E-state index contributed by atoms with van der Waals surface area (Å²) in [5, 5.41) is 14.1. The van der Waals surface area contributed by atoms with Crippen LogP contribution in [0.2, 0.25) is 5.02 Å². The molecule has 1 heterocycles. The molecule has 152 valence electrons. The molecule has 4 rings (SSSR count). The summed E-state index contributed by atoms with van der Waals surface area (Å²) in [5.74, 6) is -0.428. The van der Waals surface area contributed by atoms with E-state index in [4.69, 9.17) is 11.6 Å². The molecule has 0 radical (unpaired) electrons. The van der Waals surface area contributed by atoms with Gasteiger partial charge in [-0.2, -0.15) is 5.26 Å². The van der Waals surface area contributed by atoms with Crippen molar-refractivity contribution in [3.63, 3.8) is 0 Å². The summed E-state index contributed by atoms with van der Waals surface area (Å²) in [5.41, 5.74) is 4.71. The molecule has 0 spiro atoms. The van der Waals surface area contributed by atoms with Gasteiger partial charge in [-0.15, -0.1) is 0 Å². The zero-order valence-corrected chi connectivity index (χ0v) is 17.7. The summed E-state index contributed by atoms with van der Waals surface area (Å²) in [6.07, 6.45) is 1.67. The van der Waals surface area contributed by atoms with Crippen LogP contribution >= 0.6 is 11.6 Å². The van der Waals surface area contributed by atoms with E-state index in [1.54, 1.807) is 18.2 Å². The molecular weight excluding hydrogens is 406 g/mol. The van der Waals surface area contributed by atoms with Crippen LogP contribution in [0.5, 0.6) is 0 Å². The fourth-order valence-corrected chi connectivity index (χ4v) is 3.75. The molecule has 4 aromatic rings. The zero-order valence-electron chi connectivity index (χ0n) is 17.0. The number of nitrogens with one attached hydrogen (secondary N) is 1. The van der Waals surface area contributed by atoms with Gasteiger partial charge < -0.3 is 9.88 Å². The van der Waals surface area contributed by atoms with Crippen molar-refractivity contribution in [1.82, 2.24) is 4.57 Å². The second-order valence-corrected chi connectivity index (χ2v) is 7.66. The summed E-state index contributed by atoms with van der Waals surface area (Å²) in [6.45, 7) is 2.67. The minimum Gasteiger partial charge on any atom is -0.340 e. The van der Waals surface area contributed by atoms with Crippen LogP contribution in [0, 0.1) is 18.3 Å². The number of halogens is 1. The van der Waals surface area contributed by atoms with Crippen molar-refractivity contribution in [2.24, 2.45) is 0 Å². The van der Waals surface area contributed by atoms with Crippen LogP contribution in [0.3, 0.4) is 0 Å². The van der Waals surface area contributed by atoms with Crippen molar-refractivity contribution < 1.29 is 4.79 Å². The van der Waals surface area contributed by atoms with Crippen molar-refractivity contribution in [3.8, 4) is 6.07 Å². The first-order chi connectivity index (χ1) is 15.1. The third-order valence-electron chi connectivity index (χ3n) is 5.22. The minimum atomic E-state index is -0.428. The van der Waals surface area contributed by atoms with Crippen molar-refractivity contribution in [2.75, 3.05) is 5.32 Å². The Kier molecular flexibility index (Phi) is 5.88. The molecule has 0 saturated carbocycles. The third kappa shape index (κ3) is 4.37. The van der Waals surface area contributed by atoms with Gasteiger partial charge in [0.25, 0.3) is 5.91 Å². The number of carbonyl (C=O) groups is 1. The Labute approximate surface area is 186 Å². The summed E-state index contributed by atoms with van der Waals surface area (Å²) in [7, 11) is 0. The molecule has 1 aromatic heterocycles. The van der Waals surface area contributed by atoms with Gasteiger partial charge in [-0.25, -0.2) is 0 Å². The lowest BCUT2D eigenvalue weighted by atomic mass is 10.1. The van der Waals surface area contributed by atoms with Gasteiger partial charge in [0.15, 0.2) is 0 Å². The van der Waals surface area contributed by atoms with Crippen LogP contribution < -0.4 is 5.32 Å². The van der Waals surface area contributed by atoms with Crippen LogP contribution in [0.15, 0.2) is 84.4 Å². The third-order valence-corrected chi connectivity index (χ3v) is 5.47. The van der Waals surface area contributed by atoms with Gasteiger partial charge >= 0.3 is 0 Å². The average molecular weight is 426 g/mol. The summed E-state index contributed by atoms with van der Waals surface area (Å²) in [6, 6.07) is 26.9. The first-order valence-corrected chi connectivity index (χ1v) is 10.2. The van der Waals surface area contributed by atoms with Gasteiger partial charge in [-0.1, -0.05) is 60.1 Å². The molecule has 31 heavy (non-hydrogen) atoms. The Morgan fingerprint density at radius 1 is 1.03 bits per heavy atom. The van der Waals surface area contributed by atoms with Gasteiger partial charge in [0.05, 0.1) is 0 Å². The Morgan fingerprint density at radius 2 is 1.71 bits per heavy atom. The van der Waals surface area contributed by atoms with Gasteiger partial charge in [-0.05, 0) is 48.9 Å². The number of amides is 1. The number of rotatable bonds is 5. The number of hydrogen-bond acceptors (Lipinski definition) is 2. The summed E-state index contributed by atoms with van der Waals surface area (Å²) in [4.78, 5) is 12.7. The van der Waals surface area contributed by atoms with Gasteiger partial charge in [0, 0.05) is 39.4 Å². The minimum absolute atomic E-state index is 0.0568. The molecule has 0 aliphatic carbocycles. The lowest BCUT2D eigenvalue weighted by molar-refractivity contribution is -0.112.